The van der Waals surface area contributed by atoms with Crippen LogP contribution in [0.4, 0.5) is 0 Å². The lowest BCUT2D eigenvalue weighted by Crippen LogP contribution is -2.45. The second-order valence-corrected chi connectivity index (χ2v) is 9.93. The van der Waals surface area contributed by atoms with E-state index < -0.39 is 15.9 Å². The maximum absolute atomic E-state index is 13.3. The minimum absolute atomic E-state index is 0.139. The zero-order chi connectivity index (χ0) is 21.4. The Labute approximate surface area is 183 Å². The molecule has 9 nitrogen and oxygen atoms in total. The van der Waals surface area contributed by atoms with E-state index in [1.165, 1.54) is 4.31 Å². The molecule has 2 aliphatic heterocycles. The minimum Gasteiger partial charge on any atom is -0.454 e. The van der Waals surface area contributed by atoms with E-state index in [4.69, 9.17) is 9.47 Å². The highest BCUT2D eigenvalue weighted by atomic mass is 32.2. The number of sulfonamides is 1. The van der Waals surface area contributed by atoms with Gasteiger partial charge in [-0.1, -0.05) is 12.1 Å². The summed E-state index contributed by atoms with van der Waals surface area (Å²) in [5.41, 5.74) is 1.82. The van der Waals surface area contributed by atoms with Crippen molar-refractivity contribution >= 4 is 38.7 Å². The van der Waals surface area contributed by atoms with Gasteiger partial charge in [0, 0.05) is 19.6 Å². The van der Waals surface area contributed by atoms with Crippen molar-refractivity contribution in [3.63, 3.8) is 0 Å². The molecule has 1 aromatic heterocycles. The Kier molecular flexibility index (Phi) is 5.24. The van der Waals surface area contributed by atoms with E-state index >= 15 is 0 Å². The number of carbonyl (C=O) groups excluding carboxylic acids is 1. The number of amides is 1. The first-order chi connectivity index (χ1) is 15.0. The number of aromatic nitrogens is 2. The topological polar surface area (TPSA) is 111 Å². The van der Waals surface area contributed by atoms with Gasteiger partial charge < -0.3 is 14.8 Å². The fourth-order valence-electron chi connectivity index (χ4n) is 3.89. The smallest absolute Gasteiger partial charge is 0.245 e. The summed E-state index contributed by atoms with van der Waals surface area (Å²) in [4.78, 5) is 12.9. The van der Waals surface area contributed by atoms with Crippen molar-refractivity contribution < 1.29 is 22.7 Å². The molecule has 1 saturated heterocycles. The lowest BCUT2D eigenvalue weighted by atomic mass is 9.98. The monoisotopic (exact) mass is 460 g/mol. The van der Waals surface area contributed by atoms with Gasteiger partial charge in [-0.25, -0.2) is 8.42 Å². The van der Waals surface area contributed by atoms with Crippen LogP contribution in [0.2, 0.25) is 0 Å². The normalized spacial score (nSPS) is 18.9. The van der Waals surface area contributed by atoms with Gasteiger partial charge in [-0.3, -0.25) is 4.79 Å². The van der Waals surface area contributed by atoms with E-state index in [2.05, 4.69) is 14.1 Å². The first-order valence-electron chi connectivity index (χ1n) is 9.90. The van der Waals surface area contributed by atoms with Gasteiger partial charge in [0.1, 0.15) is 15.9 Å². The minimum atomic E-state index is -3.77. The van der Waals surface area contributed by atoms with E-state index in [0.29, 0.717) is 48.5 Å². The Morgan fingerprint density at radius 2 is 2.06 bits per heavy atom. The van der Waals surface area contributed by atoms with E-state index in [-0.39, 0.29) is 24.1 Å². The molecule has 1 amide bonds. The van der Waals surface area contributed by atoms with E-state index in [0.717, 1.165) is 17.3 Å². The van der Waals surface area contributed by atoms with Crippen LogP contribution in [0.5, 0.6) is 11.5 Å². The third kappa shape index (κ3) is 3.84. The first-order valence-corrected chi connectivity index (χ1v) is 12.1. The average molecular weight is 461 g/mol. The number of fused-ring (bicyclic) bond motifs is 2. The summed E-state index contributed by atoms with van der Waals surface area (Å²) in [6.07, 6.45) is 1.26. The Bertz CT molecular complexity index is 1240. The molecule has 1 unspecified atom stereocenters. The van der Waals surface area contributed by atoms with Crippen LogP contribution in [0, 0.1) is 5.92 Å². The molecule has 2 aliphatic rings. The zero-order valence-corrected chi connectivity index (χ0v) is 18.1. The third-order valence-electron chi connectivity index (χ3n) is 5.53. The van der Waals surface area contributed by atoms with Crippen LogP contribution < -0.4 is 14.8 Å². The van der Waals surface area contributed by atoms with Crippen LogP contribution in [-0.4, -0.2) is 47.3 Å². The maximum atomic E-state index is 13.3. The third-order valence-corrected chi connectivity index (χ3v) is 7.96. The molecule has 0 saturated carbocycles. The number of rotatable bonds is 5. The van der Waals surface area contributed by atoms with Gasteiger partial charge in [-0.05, 0) is 42.7 Å². The molecule has 11 heteroatoms. The summed E-state index contributed by atoms with van der Waals surface area (Å²) in [6, 6.07) is 10.5. The molecular formula is C20H20N4O5S2. The van der Waals surface area contributed by atoms with Crippen LogP contribution in [0.15, 0.2) is 41.3 Å². The Morgan fingerprint density at radius 1 is 1.19 bits per heavy atom. The van der Waals surface area contributed by atoms with E-state index in [9.17, 15) is 13.2 Å². The van der Waals surface area contributed by atoms with Crippen molar-refractivity contribution in [3.8, 4) is 11.5 Å². The number of hydrogen-bond acceptors (Lipinski definition) is 8. The molecule has 0 radical (unpaired) electrons. The van der Waals surface area contributed by atoms with Gasteiger partial charge in [0.2, 0.25) is 22.7 Å². The largest absolute Gasteiger partial charge is 0.454 e. The summed E-state index contributed by atoms with van der Waals surface area (Å²) in [5, 5.41) is 2.92. The van der Waals surface area contributed by atoms with Gasteiger partial charge in [-0.15, -0.1) is 0 Å². The Morgan fingerprint density at radius 3 is 2.97 bits per heavy atom. The summed E-state index contributed by atoms with van der Waals surface area (Å²) in [6.45, 7) is 1.05. The highest BCUT2D eigenvalue weighted by Crippen LogP contribution is 2.32. The molecule has 3 aromatic rings. The quantitative estimate of drug-likeness (QED) is 0.621. The van der Waals surface area contributed by atoms with Crippen LogP contribution in [0.1, 0.15) is 18.4 Å². The van der Waals surface area contributed by atoms with Crippen molar-refractivity contribution in [3.05, 3.63) is 42.0 Å². The van der Waals surface area contributed by atoms with Crippen molar-refractivity contribution in [2.45, 2.75) is 24.3 Å². The number of piperidine rings is 1. The van der Waals surface area contributed by atoms with Crippen molar-refractivity contribution in [2.75, 3.05) is 19.9 Å². The second-order valence-electron chi connectivity index (χ2n) is 7.50. The number of carbonyl (C=O) groups is 1. The van der Waals surface area contributed by atoms with Gasteiger partial charge >= 0.3 is 0 Å². The molecule has 2 aromatic carbocycles. The van der Waals surface area contributed by atoms with E-state index in [1.807, 2.05) is 18.2 Å². The van der Waals surface area contributed by atoms with Crippen molar-refractivity contribution in [1.29, 1.82) is 0 Å². The fraction of sp³-hybridized carbons (Fsp3) is 0.350. The molecule has 5 rings (SSSR count). The first kappa shape index (κ1) is 20.2. The highest BCUT2D eigenvalue weighted by Gasteiger charge is 2.34. The summed E-state index contributed by atoms with van der Waals surface area (Å²) < 4.78 is 46.8. The Hall–Kier alpha value is -2.76. The lowest BCUT2D eigenvalue weighted by Gasteiger charge is -2.31. The molecule has 31 heavy (non-hydrogen) atoms. The Balaban J connectivity index is 1.27. The van der Waals surface area contributed by atoms with Crippen molar-refractivity contribution in [2.24, 2.45) is 5.92 Å². The highest BCUT2D eigenvalue weighted by molar-refractivity contribution is 7.89. The zero-order valence-electron chi connectivity index (χ0n) is 16.5. The predicted molar refractivity (Wildman–Crippen MR) is 113 cm³/mol. The fourth-order valence-corrected chi connectivity index (χ4v) is 6.16. The second kappa shape index (κ2) is 8.06. The van der Waals surface area contributed by atoms with E-state index in [1.54, 1.807) is 18.2 Å². The van der Waals surface area contributed by atoms with Crippen LogP contribution in [0.25, 0.3) is 11.0 Å². The molecule has 0 aliphatic carbocycles. The molecule has 1 N–H and O–H groups in total. The van der Waals surface area contributed by atoms with Crippen LogP contribution >= 0.6 is 11.7 Å². The maximum Gasteiger partial charge on any atom is 0.245 e. The molecule has 1 atom stereocenters. The molecular weight excluding hydrogens is 440 g/mol. The molecule has 1 fully saturated rings. The number of nitrogens with one attached hydrogen (secondary N) is 1. The predicted octanol–water partition coefficient (Wildman–Crippen LogP) is 2.14. The molecule has 3 heterocycles. The number of hydrogen-bond donors (Lipinski definition) is 1. The van der Waals surface area contributed by atoms with Crippen LogP contribution in [0.3, 0.4) is 0 Å². The van der Waals surface area contributed by atoms with Gasteiger partial charge in [0.25, 0.3) is 0 Å². The molecule has 0 spiro atoms. The standard InChI is InChI=1S/C20H20N4O5S2/c25-20(21-10-13-6-7-16-17(9-13)29-12-28-16)14-3-2-8-24(11-14)31(26,27)18-5-1-4-15-19(18)23-30-22-15/h1,4-7,9,14H,2-3,8,10-12H2,(H,21,25). The SMILES string of the molecule is O=C(NCc1ccc2c(c1)OCO2)C1CCCN(S(=O)(=O)c2cccc3nsnc23)C1. The summed E-state index contributed by atoms with van der Waals surface area (Å²) >= 11 is 0.983. The number of nitrogens with zero attached hydrogens (tertiary/aromatic N) is 3. The van der Waals surface area contributed by atoms with Gasteiger partial charge in [0.15, 0.2) is 11.5 Å². The van der Waals surface area contributed by atoms with Crippen LogP contribution in [-0.2, 0) is 21.4 Å². The lowest BCUT2D eigenvalue weighted by molar-refractivity contribution is -0.126. The van der Waals surface area contributed by atoms with Gasteiger partial charge in [0.05, 0.1) is 17.6 Å². The summed E-state index contributed by atoms with van der Waals surface area (Å²) in [7, 11) is -3.77. The number of ether oxygens (including phenoxy) is 2. The molecule has 0 bridgehead atoms. The van der Waals surface area contributed by atoms with Crippen molar-refractivity contribution in [1.82, 2.24) is 18.4 Å². The summed E-state index contributed by atoms with van der Waals surface area (Å²) in [5.74, 6) is 0.775. The number of benzene rings is 2. The molecule has 162 valence electrons. The average Bonchev–Trinajstić information content (AvgIpc) is 3.46. The van der Waals surface area contributed by atoms with Gasteiger partial charge in [-0.2, -0.15) is 13.1 Å².